The Morgan fingerprint density at radius 3 is 2.24 bits per heavy atom. The highest BCUT2D eigenvalue weighted by Crippen LogP contribution is 2.09. The standard InChI is InChI=1S/C16H13ClN2O2/c17-14-9-7-13(8-10-14)16(21)19-18-15(20)11-6-12-4-2-1-3-5-12/h1-11H,(H,18,20)(H,19,21)/b11-6+. The van der Waals surface area contributed by atoms with Gasteiger partial charge in [-0.25, -0.2) is 0 Å². The molecule has 0 atom stereocenters. The van der Waals surface area contributed by atoms with Crippen molar-refractivity contribution in [3.8, 4) is 0 Å². The monoisotopic (exact) mass is 300 g/mol. The summed E-state index contributed by atoms with van der Waals surface area (Å²) in [6, 6.07) is 15.7. The van der Waals surface area contributed by atoms with Crippen molar-refractivity contribution in [1.82, 2.24) is 10.9 Å². The summed E-state index contributed by atoms with van der Waals surface area (Å²) in [5.41, 5.74) is 5.94. The number of hydrazine groups is 1. The molecule has 5 heteroatoms. The number of carbonyl (C=O) groups excluding carboxylic acids is 2. The average Bonchev–Trinajstić information content (AvgIpc) is 2.52. The summed E-state index contributed by atoms with van der Waals surface area (Å²) < 4.78 is 0. The van der Waals surface area contributed by atoms with Crippen LogP contribution in [0, 0.1) is 0 Å². The molecule has 0 heterocycles. The van der Waals surface area contributed by atoms with Gasteiger partial charge in [-0.15, -0.1) is 0 Å². The fraction of sp³-hybridized carbons (Fsp3) is 0. The van der Waals surface area contributed by atoms with Gasteiger partial charge in [0.05, 0.1) is 0 Å². The fourth-order valence-corrected chi connectivity index (χ4v) is 1.70. The van der Waals surface area contributed by atoms with Crippen molar-refractivity contribution < 1.29 is 9.59 Å². The number of carbonyl (C=O) groups is 2. The molecule has 2 rings (SSSR count). The van der Waals surface area contributed by atoms with Crippen molar-refractivity contribution in [2.45, 2.75) is 0 Å². The van der Waals surface area contributed by atoms with Crippen LogP contribution in [0.5, 0.6) is 0 Å². The van der Waals surface area contributed by atoms with E-state index in [1.165, 1.54) is 6.08 Å². The molecule has 0 saturated carbocycles. The van der Waals surface area contributed by atoms with Crippen molar-refractivity contribution in [2.75, 3.05) is 0 Å². The molecule has 0 aliphatic carbocycles. The lowest BCUT2D eigenvalue weighted by molar-refractivity contribution is -0.117. The summed E-state index contributed by atoms with van der Waals surface area (Å²) in [5.74, 6) is -0.825. The normalized spacial score (nSPS) is 10.3. The minimum Gasteiger partial charge on any atom is -0.268 e. The zero-order chi connectivity index (χ0) is 15.1. The molecular formula is C16H13ClN2O2. The van der Waals surface area contributed by atoms with E-state index in [-0.39, 0.29) is 0 Å². The molecule has 21 heavy (non-hydrogen) atoms. The van der Waals surface area contributed by atoms with Crippen LogP contribution in [0.15, 0.2) is 60.7 Å². The lowest BCUT2D eigenvalue weighted by Crippen LogP contribution is -2.40. The van der Waals surface area contributed by atoms with E-state index in [2.05, 4.69) is 10.9 Å². The van der Waals surface area contributed by atoms with Crippen molar-refractivity contribution in [2.24, 2.45) is 0 Å². The Morgan fingerprint density at radius 2 is 1.57 bits per heavy atom. The number of rotatable bonds is 3. The van der Waals surface area contributed by atoms with E-state index in [4.69, 9.17) is 11.6 Å². The molecule has 2 aromatic carbocycles. The molecule has 2 aromatic rings. The highest BCUT2D eigenvalue weighted by atomic mass is 35.5. The quantitative estimate of drug-likeness (QED) is 0.676. The van der Waals surface area contributed by atoms with E-state index >= 15 is 0 Å². The number of benzene rings is 2. The zero-order valence-electron chi connectivity index (χ0n) is 11.0. The topological polar surface area (TPSA) is 58.2 Å². The summed E-state index contributed by atoms with van der Waals surface area (Å²) in [7, 11) is 0. The van der Waals surface area contributed by atoms with Gasteiger partial charge in [0.15, 0.2) is 0 Å². The molecule has 2 amide bonds. The maximum Gasteiger partial charge on any atom is 0.269 e. The van der Waals surface area contributed by atoms with Gasteiger partial charge >= 0.3 is 0 Å². The van der Waals surface area contributed by atoms with Crippen LogP contribution in [0.4, 0.5) is 0 Å². The molecule has 0 spiro atoms. The third-order valence-corrected chi connectivity index (χ3v) is 2.88. The van der Waals surface area contributed by atoms with Crippen LogP contribution in [0.3, 0.4) is 0 Å². The second kappa shape index (κ2) is 7.26. The number of halogens is 1. The van der Waals surface area contributed by atoms with Gasteiger partial charge in [0.2, 0.25) is 0 Å². The van der Waals surface area contributed by atoms with Gasteiger partial charge < -0.3 is 0 Å². The van der Waals surface area contributed by atoms with E-state index in [1.54, 1.807) is 30.3 Å². The SMILES string of the molecule is O=C(/C=C/c1ccccc1)NNC(=O)c1ccc(Cl)cc1. The Balaban J connectivity index is 1.85. The van der Waals surface area contributed by atoms with E-state index in [1.807, 2.05) is 30.3 Å². The van der Waals surface area contributed by atoms with Crippen LogP contribution >= 0.6 is 11.6 Å². The Hall–Kier alpha value is -2.59. The summed E-state index contributed by atoms with van der Waals surface area (Å²) in [5, 5.41) is 0.543. The molecule has 0 saturated heterocycles. The van der Waals surface area contributed by atoms with Crippen LogP contribution in [0.2, 0.25) is 5.02 Å². The molecule has 4 nitrogen and oxygen atoms in total. The average molecular weight is 301 g/mol. The van der Waals surface area contributed by atoms with Gasteiger partial charge in [-0.2, -0.15) is 0 Å². The Kier molecular flexibility index (Phi) is 5.12. The zero-order valence-corrected chi connectivity index (χ0v) is 11.8. The van der Waals surface area contributed by atoms with Gasteiger partial charge in [0.1, 0.15) is 0 Å². The van der Waals surface area contributed by atoms with Crippen LogP contribution in [0.1, 0.15) is 15.9 Å². The van der Waals surface area contributed by atoms with Gasteiger partial charge in [-0.05, 0) is 35.9 Å². The molecule has 0 aliphatic heterocycles. The minimum atomic E-state index is -0.416. The van der Waals surface area contributed by atoms with E-state index < -0.39 is 11.8 Å². The number of hydrogen-bond donors (Lipinski definition) is 2. The van der Waals surface area contributed by atoms with Crippen molar-refractivity contribution in [3.63, 3.8) is 0 Å². The highest BCUT2D eigenvalue weighted by Gasteiger charge is 2.05. The third-order valence-electron chi connectivity index (χ3n) is 2.63. The van der Waals surface area contributed by atoms with Crippen molar-refractivity contribution in [3.05, 3.63) is 76.8 Å². The van der Waals surface area contributed by atoms with Crippen LogP contribution < -0.4 is 10.9 Å². The number of amides is 2. The molecule has 0 fully saturated rings. The van der Waals surface area contributed by atoms with E-state index in [0.29, 0.717) is 10.6 Å². The summed E-state index contributed by atoms with van der Waals surface area (Å²) >= 11 is 5.73. The lowest BCUT2D eigenvalue weighted by atomic mass is 10.2. The number of nitrogens with one attached hydrogen (secondary N) is 2. The third kappa shape index (κ3) is 4.78. The molecule has 0 bridgehead atoms. The molecule has 106 valence electrons. The molecule has 0 aromatic heterocycles. The maximum atomic E-state index is 11.7. The second-order valence-corrected chi connectivity index (χ2v) is 4.63. The maximum absolute atomic E-state index is 11.7. The first kappa shape index (κ1) is 14.8. The first-order valence-electron chi connectivity index (χ1n) is 6.24. The predicted octanol–water partition coefficient (Wildman–Crippen LogP) is 2.81. The Bertz CT molecular complexity index is 652. The molecular weight excluding hydrogens is 288 g/mol. The molecule has 0 radical (unpaired) electrons. The first-order chi connectivity index (χ1) is 10.1. The highest BCUT2D eigenvalue weighted by molar-refractivity contribution is 6.30. The summed E-state index contributed by atoms with van der Waals surface area (Å²) in [4.78, 5) is 23.3. The van der Waals surface area contributed by atoms with E-state index in [9.17, 15) is 9.59 Å². The predicted molar refractivity (Wildman–Crippen MR) is 82.5 cm³/mol. The fourth-order valence-electron chi connectivity index (χ4n) is 1.57. The Morgan fingerprint density at radius 1 is 0.905 bits per heavy atom. The molecule has 0 aliphatic rings. The van der Waals surface area contributed by atoms with Crippen LogP contribution in [-0.2, 0) is 4.79 Å². The second-order valence-electron chi connectivity index (χ2n) is 4.19. The minimum absolute atomic E-state index is 0.409. The first-order valence-corrected chi connectivity index (χ1v) is 6.62. The van der Waals surface area contributed by atoms with Crippen molar-refractivity contribution >= 4 is 29.5 Å². The summed E-state index contributed by atoms with van der Waals surface area (Å²) in [6.07, 6.45) is 3.00. The lowest BCUT2D eigenvalue weighted by Gasteiger charge is -2.05. The van der Waals surface area contributed by atoms with Crippen molar-refractivity contribution in [1.29, 1.82) is 0 Å². The molecule has 0 unspecified atom stereocenters. The molecule has 2 N–H and O–H groups in total. The largest absolute Gasteiger partial charge is 0.269 e. The Labute approximate surface area is 127 Å². The van der Waals surface area contributed by atoms with Gasteiger partial charge in [0.25, 0.3) is 11.8 Å². The van der Waals surface area contributed by atoms with Crippen LogP contribution in [0.25, 0.3) is 6.08 Å². The van der Waals surface area contributed by atoms with Gasteiger partial charge in [0, 0.05) is 16.7 Å². The number of hydrogen-bond acceptors (Lipinski definition) is 2. The van der Waals surface area contributed by atoms with Crippen LogP contribution in [-0.4, -0.2) is 11.8 Å². The van der Waals surface area contributed by atoms with Gasteiger partial charge in [-0.1, -0.05) is 41.9 Å². The smallest absolute Gasteiger partial charge is 0.268 e. The van der Waals surface area contributed by atoms with E-state index in [0.717, 1.165) is 5.56 Å². The van der Waals surface area contributed by atoms with Gasteiger partial charge in [-0.3, -0.25) is 20.4 Å². The summed E-state index contributed by atoms with van der Waals surface area (Å²) in [6.45, 7) is 0.